The molecule has 4 nitrogen and oxygen atoms in total. The minimum atomic E-state index is -0.444. The molecule has 0 radical (unpaired) electrons. The van der Waals surface area contributed by atoms with Crippen molar-refractivity contribution in [2.45, 2.75) is 38.8 Å². The first-order chi connectivity index (χ1) is 7.06. The lowest BCUT2D eigenvalue weighted by molar-refractivity contribution is -0.134. The van der Waals surface area contributed by atoms with Crippen LogP contribution in [-0.2, 0) is 9.59 Å². The molecule has 0 bridgehead atoms. The van der Waals surface area contributed by atoms with Gasteiger partial charge in [0.25, 0.3) is 0 Å². The van der Waals surface area contributed by atoms with E-state index in [9.17, 15) is 9.59 Å². The minimum absolute atomic E-state index is 0.00218. The Labute approximate surface area is 90.0 Å². The maximum absolute atomic E-state index is 11.8. The quantitative estimate of drug-likeness (QED) is 0.656. The normalized spacial score (nSPS) is 24.1. The number of nitrogens with zero attached hydrogens (tertiary/aromatic N) is 1. The van der Waals surface area contributed by atoms with E-state index in [1.807, 2.05) is 6.92 Å². The van der Waals surface area contributed by atoms with Crippen LogP contribution in [0.3, 0.4) is 0 Å². The van der Waals surface area contributed by atoms with Crippen molar-refractivity contribution in [2.24, 2.45) is 0 Å². The highest BCUT2D eigenvalue weighted by Gasteiger charge is 2.28. The summed E-state index contributed by atoms with van der Waals surface area (Å²) in [6.07, 6.45) is 6.08. The van der Waals surface area contributed by atoms with Crippen LogP contribution in [0.25, 0.3) is 0 Å². The molecule has 0 aromatic heterocycles. The summed E-state index contributed by atoms with van der Waals surface area (Å²) in [6.45, 7) is 4.05. The van der Waals surface area contributed by atoms with E-state index >= 15 is 0 Å². The van der Waals surface area contributed by atoms with E-state index in [-0.39, 0.29) is 17.9 Å². The van der Waals surface area contributed by atoms with Crippen LogP contribution < -0.4 is 5.32 Å². The lowest BCUT2D eigenvalue weighted by Crippen LogP contribution is -2.46. The maximum Gasteiger partial charge on any atom is 0.245 e. The summed E-state index contributed by atoms with van der Waals surface area (Å²) in [5, 5.41) is 2.64. The molecule has 2 atom stereocenters. The Morgan fingerprint density at radius 2 is 2.33 bits per heavy atom. The van der Waals surface area contributed by atoms with Gasteiger partial charge in [-0.25, -0.2) is 0 Å². The third kappa shape index (κ3) is 2.72. The SMILES string of the molecule is C#CCC(C)N1CCC(=O)NC(C)C1=O. The van der Waals surface area contributed by atoms with E-state index < -0.39 is 6.04 Å². The average Bonchev–Trinajstić information content (AvgIpc) is 2.28. The largest absolute Gasteiger partial charge is 0.345 e. The highest BCUT2D eigenvalue weighted by atomic mass is 16.2. The smallest absolute Gasteiger partial charge is 0.245 e. The number of hydrogen-bond donors (Lipinski definition) is 1. The zero-order valence-corrected chi connectivity index (χ0v) is 9.12. The van der Waals surface area contributed by atoms with E-state index in [0.717, 1.165) is 0 Å². The van der Waals surface area contributed by atoms with Gasteiger partial charge in [0.15, 0.2) is 0 Å². The van der Waals surface area contributed by atoms with Gasteiger partial charge in [0.05, 0.1) is 0 Å². The number of carbonyl (C=O) groups is 2. The van der Waals surface area contributed by atoms with Gasteiger partial charge in [0.2, 0.25) is 11.8 Å². The number of rotatable bonds is 2. The fourth-order valence-corrected chi connectivity index (χ4v) is 1.67. The van der Waals surface area contributed by atoms with Gasteiger partial charge < -0.3 is 10.2 Å². The van der Waals surface area contributed by atoms with E-state index in [0.29, 0.717) is 19.4 Å². The molecule has 1 N–H and O–H groups in total. The van der Waals surface area contributed by atoms with Gasteiger partial charge in [-0.3, -0.25) is 9.59 Å². The molecule has 82 valence electrons. The number of hydrogen-bond acceptors (Lipinski definition) is 2. The Kier molecular flexibility index (Phi) is 3.73. The monoisotopic (exact) mass is 208 g/mol. The second-order valence-electron chi connectivity index (χ2n) is 3.83. The summed E-state index contributed by atoms with van der Waals surface area (Å²) in [4.78, 5) is 24.8. The average molecular weight is 208 g/mol. The Hall–Kier alpha value is -1.50. The summed E-state index contributed by atoms with van der Waals surface area (Å²) < 4.78 is 0. The van der Waals surface area contributed by atoms with Crippen molar-refractivity contribution in [1.82, 2.24) is 10.2 Å². The first-order valence-electron chi connectivity index (χ1n) is 5.09. The van der Waals surface area contributed by atoms with E-state index in [1.165, 1.54) is 0 Å². The van der Waals surface area contributed by atoms with E-state index in [2.05, 4.69) is 11.2 Å². The topological polar surface area (TPSA) is 49.4 Å². The molecule has 1 saturated heterocycles. The van der Waals surface area contributed by atoms with E-state index in [4.69, 9.17) is 6.42 Å². The maximum atomic E-state index is 11.8. The Morgan fingerprint density at radius 3 is 2.93 bits per heavy atom. The van der Waals surface area contributed by atoms with Crippen LogP contribution in [-0.4, -0.2) is 35.3 Å². The molecule has 2 amide bonds. The first kappa shape index (κ1) is 11.6. The fourth-order valence-electron chi connectivity index (χ4n) is 1.67. The molecule has 2 unspecified atom stereocenters. The molecule has 1 fully saturated rings. The van der Waals surface area contributed by atoms with Crippen LogP contribution in [0, 0.1) is 12.3 Å². The number of terminal acetylenes is 1. The van der Waals surface area contributed by atoms with Gasteiger partial charge in [-0.1, -0.05) is 0 Å². The lowest BCUT2D eigenvalue weighted by atomic mass is 10.2. The first-order valence-corrected chi connectivity index (χ1v) is 5.09. The van der Waals surface area contributed by atoms with Crippen molar-refractivity contribution in [2.75, 3.05) is 6.54 Å². The van der Waals surface area contributed by atoms with Crippen molar-refractivity contribution in [3.63, 3.8) is 0 Å². The van der Waals surface area contributed by atoms with Gasteiger partial charge in [-0.2, -0.15) is 0 Å². The van der Waals surface area contributed by atoms with Crippen molar-refractivity contribution in [3.05, 3.63) is 0 Å². The number of nitrogens with one attached hydrogen (secondary N) is 1. The highest BCUT2D eigenvalue weighted by Crippen LogP contribution is 2.10. The summed E-state index contributed by atoms with van der Waals surface area (Å²) in [5.74, 6) is 2.40. The number of amides is 2. The number of carbonyl (C=O) groups excluding carboxylic acids is 2. The Bertz CT molecular complexity index is 306. The standard InChI is InChI=1S/C11H16N2O2/c1-4-5-8(2)13-7-6-10(14)12-9(3)11(13)15/h1,8-9H,5-7H2,2-3H3,(H,12,14). The molecule has 1 rings (SSSR count). The Morgan fingerprint density at radius 1 is 1.67 bits per heavy atom. The van der Waals surface area contributed by atoms with Crippen molar-refractivity contribution >= 4 is 11.8 Å². The molecule has 1 heterocycles. The van der Waals surface area contributed by atoms with Crippen molar-refractivity contribution < 1.29 is 9.59 Å². The van der Waals surface area contributed by atoms with Crippen LogP contribution in [0.1, 0.15) is 26.7 Å². The van der Waals surface area contributed by atoms with Crippen LogP contribution in [0.15, 0.2) is 0 Å². The van der Waals surface area contributed by atoms with Crippen molar-refractivity contribution in [3.8, 4) is 12.3 Å². The van der Waals surface area contributed by atoms with Gasteiger partial charge in [0, 0.05) is 25.4 Å². The van der Waals surface area contributed by atoms with Crippen LogP contribution >= 0.6 is 0 Å². The summed E-state index contributed by atoms with van der Waals surface area (Å²) >= 11 is 0. The zero-order chi connectivity index (χ0) is 11.4. The Balaban J connectivity index is 2.75. The second kappa shape index (κ2) is 4.83. The molecular weight excluding hydrogens is 192 g/mol. The zero-order valence-electron chi connectivity index (χ0n) is 9.12. The molecule has 4 heteroatoms. The van der Waals surface area contributed by atoms with Gasteiger partial charge in [-0.15, -0.1) is 12.3 Å². The van der Waals surface area contributed by atoms with Crippen LogP contribution in [0.2, 0.25) is 0 Å². The van der Waals surface area contributed by atoms with Crippen molar-refractivity contribution in [1.29, 1.82) is 0 Å². The summed E-state index contributed by atoms with van der Waals surface area (Å²) in [7, 11) is 0. The molecule has 0 spiro atoms. The van der Waals surface area contributed by atoms with E-state index in [1.54, 1.807) is 11.8 Å². The predicted octanol–water partition coefficient (Wildman–Crippen LogP) is 0.135. The summed E-state index contributed by atoms with van der Waals surface area (Å²) in [6, 6.07) is -0.446. The third-order valence-electron chi connectivity index (χ3n) is 2.56. The molecule has 0 aliphatic carbocycles. The molecule has 0 aromatic carbocycles. The fraction of sp³-hybridized carbons (Fsp3) is 0.636. The second-order valence-corrected chi connectivity index (χ2v) is 3.83. The highest BCUT2D eigenvalue weighted by molar-refractivity contribution is 5.89. The third-order valence-corrected chi connectivity index (χ3v) is 2.56. The van der Waals surface area contributed by atoms with Gasteiger partial charge >= 0.3 is 0 Å². The minimum Gasteiger partial charge on any atom is -0.345 e. The molecule has 0 aromatic rings. The molecule has 0 saturated carbocycles. The van der Waals surface area contributed by atoms with Gasteiger partial charge in [0.1, 0.15) is 6.04 Å². The van der Waals surface area contributed by atoms with Crippen LogP contribution in [0.4, 0.5) is 0 Å². The molecular formula is C11H16N2O2. The van der Waals surface area contributed by atoms with Gasteiger partial charge in [-0.05, 0) is 13.8 Å². The molecule has 1 aliphatic heterocycles. The lowest BCUT2D eigenvalue weighted by Gasteiger charge is -2.27. The summed E-state index contributed by atoms with van der Waals surface area (Å²) in [5.41, 5.74) is 0. The molecule has 15 heavy (non-hydrogen) atoms. The van der Waals surface area contributed by atoms with Crippen LogP contribution in [0.5, 0.6) is 0 Å². The molecule has 1 aliphatic rings. The predicted molar refractivity (Wildman–Crippen MR) is 56.8 cm³/mol.